The molecule has 0 aromatic rings. The SMILES string of the molecule is C[C@H](CCCC(C)(O)C(=O)O)[C@H]1CC[C@H]2[C@@H]3[C@H](O)CC4=CC(=O)CC[C@]4(C)[C@H]3CC[C@]12C. The third-order valence-corrected chi connectivity index (χ3v) is 10.5. The highest BCUT2D eigenvalue weighted by Gasteiger charge is 2.61. The number of ketones is 1. The van der Waals surface area contributed by atoms with Crippen molar-refractivity contribution in [2.24, 2.45) is 40.4 Å². The molecular formula is C27H42O5. The number of rotatable bonds is 6. The van der Waals surface area contributed by atoms with E-state index >= 15 is 0 Å². The number of aliphatic hydroxyl groups excluding tert-OH is 1. The van der Waals surface area contributed by atoms with Crippen LogP contribution in [0.2, 0.25) is 0 Å². The molecule has 1 unspecified atom stereocenters. The molecule has 0 saturated heterocycles. The van der Waals surface area contributed by atoms with Crippen LogP contribution >= 0.6 is 0 Å². The highest BCUT2D eigenvalue weighted by Crippen LogP contribution is 2.67. The molecule has 32 heavy (non-hydrogen) atoms. The molecule has 0 radical (unpaired) electrons. The zero-order chi connectivity index (χ0) is 23.5. The summed E-state index contributed by atoms with van der Waals surface area (Å²) in [7, 11) is 0. The number of fused-ring (bicyclic) bond motifs is 5. The van der Waals surface area contributed by atoms with Gasteiger partial charge >= 0.3 is 5.97 Å². The fourth-order valence-electron chi connectivity index (χ4n) is 8.58. The number of aliphatic hydroxyl groups is 2. The van der Waals surface area contributed by atoms with Crippen molar-refractivity contribution in [2.45, 2.75) is 104 Å². The monoisotopic (exact) mass is 446 g/mol. The van der Waals surface area contributed by atoms with E-state index in [1.807, 2.05) is 6.08 Å². The van der Waals surface area contributed by atoms with Gasteiger partial charge in [0.1, 0.15) is 0 Å². The molecule has 4 rings (SSSR count). The van der Waals surface area contributed by atoms with Gasteiger partial charge in [0.25, 0.3) is 0 Å². The first-order valence-electron chi connectivity index (χ1n) is 12.8. The van der Waals surface area contributed by atoms with E-state index < -0.39 is 11.6 Å². The van der Waals surface area contributed by atoms with E-state index in [9.17, 15) is 19.8 Å². The van der Waals surface area contributed by atoms with Crippen molar-refractivity contribution in [1.29, 1.82) is 0 Å². The Morgan fingerprint density at radius 3 is 2.62 bits per heavy atom. The lowest BCUT2D eigenvalue weighted by Gasteiger charge is -2.60. The van der Waals surface area contributed by atoms with Crippen LogP contribution in [0.5, 0.6) is 0 Å². The minimum atomic E-state index is -1.64. The van der Waals surface area contributed by atoms with Crippen LogP contribution in [0.3, 0.4) is 0 Å². The van der Waals surface area contributed by atoms with E-state index in [-0.39, 0.29) is 29.1 Å². The second kappa shape index (κ2) is 8.23. The lowest BCUT2D eigenvalue weighted by molar-refractivity contribution is -0.157. The first-order chi connectivity index (χ1) is 14.9. The normalized spacial score (nSPS) is 44.0. The van der Waals surface area contributed by atoms with E-state index in [4.69, 9.17) is 5.11 Å². The van der Waals surface area contributed by atoms with Crippen LogP contribution in [0.25, 0.3) is 0 Å². The van der Waals surface area contributed by atoms with Crippen LogP contribution in [-0.2, 0) is 9.59 Å². The Morgan fingerprint density at radius 1 is 1.22 bits per heavy atom. The Kier molecular flexibility index (Phi) is 6.16. The smallest absolute Gasteiger partial charge is 0.335 e. The topological polar surface area (TPSA) is 94.8 Å². The molecule has 0 bridgehead atoms. The van der Waals surface area contributed by atoms with Crippen molar-refractivity contribution in [2.75, 3.05) is 0 Å². The molecule has 5 nitrogen and oxygen atoms in total. The molecule has 0 aliphatic heterocycles. The van der Waals surface area contributed by atoms with Crippen molar-refractivity contribution in [1.82, 2.24) is 0 Å². The third kappa shape index (κ3) is 3.77. The summed E-state index contributed by atoms with van der Waals surface area (Å²) in [5.41, 5.74) is -0.183. The van der Waals surface area contributed by atoms with E-state index in [1.165, 1.54) is 25.3 Å². The van der Waals surface area contributed by atoms with Gasteiger partial charge in [-0.15, -0.1) is 0 Å². The standard InChI is InChI=1S/C27H42O5/c1-16(6-5-11-27(4,32)24(30)31)19-7-8-20-23-21(10-13-26(19,20)3)25(2)12-9-18(28)14-17(25)15-22(23)29/h14,16,19-23,29,32H,5-13,15H2,1-4H3,(H,30,31)/t16-,19-,20+,21+,22-,23+,25+,26-,27?/m1/s1. The highest BCUT2D eigenvalue weighted by molar-refractivity contribution is 5.91. The summed E-state index contributed by atoms with van der Waals surface area (Å²) in [4.78, 5) is 23.3. The number of carbonyl (C=O) groups is 2. The molecular weight excluding hydrogens is 404 g/mol. The van der Waals surface area contributed by atoms with Gasteiger partial charge in [0.15, 0.2) is 11.4 Å². The molecule has 180 valence electrons. The second-order valence-electron chi connectivity index (χ2n) is 12.3. The van der Waals surface area contributed by atoms with Gasteiger partial charge in [-0.1, -0.05) is 32.8 Å². The first kappa shape index (κ1) is 23.9. The quantitative estimate of drug-likeness (QED) is 0.547. The van der Waals surface area contributed by atoms with Gasteiger partial charge in [0.05, 0.1) is 6.10 Å². The number of aliphatic carboxylic acids is 1. The molecule has 3 fully saturated rings. The fourth-order valence-corrected chi connectivity index (χ4v) is 8.58. The fraction of sp³-hybridized carbons (Fsp3) is 0.852. The minimum absolute atomic E-state index is 0.0608. The summed E-state index contributed by atoms with van der Waals surface area (Å²) >= 11 is 0. The van der Waals surface area contributed by atoms with Crippen LogP contribution < -0.4 is 0 Å². The first-order valence-corrected chi connectivity index (χ1v) is 12.8. The molecule has 4 aliphatic rings. The van der Waals surface area contributed by atoms with E-state index in [0.717, 1.165) is 25.7 Å². The van der Waals surface area contributed by atoms with Gasteiger partial charge in [-0.25, -0.2) is 4.79 Å². The third-order valence-electron chi connectivity index (χ3n) is 10.5. The van der Waals surface area contributed by atoms with E-state index in [2.05, 4.69) is 20.8 Å². The molecule has 3 saturated carbocycles. The zero-order valence-electron chi connectivity index (χ0n) is 20.3. The van der Waals surface area contributed by atoms with Crippen molar-refractivity contribution in [3.05, 3.63) is 11.6 Å². The molecule has 9 atom stereocenters. The number of carboxylic acids is 1. The van der Waals surface area contributed by atoms with Crippen LogP contribution in [0.15, 0.2) is 11.6 Å². The maximum absolute atomic E-state index is 12.1. The van der Waals surface area contributed by atoms with Crippen molar-refractivity contribution in [3.8, 4) is 0 Å². The molecule has 4 aliphatic carbocycles. The summed E-state index contributed by atoms with van der Waals surface area (Å²) in [6.07, 6.45) is 10.3. The van der Waals surface area contributed by atoms with Crippen LogP contribution in [0, 0.1) is 40.4 Å². The predicted octanol–water partition coefficient (Wildman–Crippen LogP) is 4.75. The zero-order valence-corrected chi connectivity index (χ0v) is 20.3. The van der Waals surface area contributed by atoms with E-state index in [0.29, 0.717) is 48.9 Å². The Labute approximate surface area is 192 Å². The van der Waals surface area contributed by atoms with Gasteiger partial charge in [-0.05, 0) is 105 Å². The van der Waals surface area contributed by atoms with E-state index in [1.54, 1.807) is 0 Å². The molecule has 0 aromatic carbocycles. The molecule has 3 N–H and O–H groups in total. The maximum atomic E-state index is 12.1. The summed E-state index contributed by atoms with van der Waals surface area (Å²) in [6.45, 7) is 8.48. The molecule has 5 heteroatoms. The van der Waals surface area contributed by atoms with Crippen molar-refractivity contribution >= 4 is 11.8 Å². The number of hydrogen-bond donors (Lipinski definition) is 3. The highest BCUT2D eigenvalue weighted by atomic mass is 16.4. The van der Waals surface area contributed by atoms with Gasteiger partial charge in [-0.3, -0.25) is 4.79 Å². The van der Waals surface area contributed by atoms with Gasteiger partial charge in [-0.2, -0.15) is 0 Å². The largest absolute Gasteiger partial charge is 0.479 e. The van der Waals surface area contributed by atoms with Crippen molar-refractivity contribution in [3.63, 3.8) is 0 Å². The van der Waals surface area contributed by atoms with Crippen LogP contribution in [-0.4, -0.2) is 38.8 Å². The molecule has 0 aromatic heterocycles. The van der Waals surface area contributed by atoms with Gasteiger partial charge < -0.3 is 15.3 Å². The number of hydrogen-bond acceptors (Lipinski definition) is 4. The summed E-state index contributed by atoms with van der Waals surface area (Å²) in [5, 5.41) is 30.5. The molecule has 0 heterocycles. The minimum Gasteiger partial charge on any atom is -0.479 e. The Balaban J connectivity index is 1.48. The molecule has 0 amide bonds. The average Bonchev–Trinajstić information content (AvgIpc) is 3.06. The lowest BCUT2D eigenvalue weighted by Crippen LogP contribution is -2.55. The summed E-state index contributed by atoms with van der Waals surface area (Å²) in [6, 6.07) is 0. The maximum Gasteiger partial charge on any atom is 0.335 e. The second-order valence-corrected chi connectivity index (χ2v) is 12.3. The number of carbonyl (C=O) groups excluding carboxylic acids is 1. The summed E-state index contributed by atoms with van der Waals surface area (Å²) < 4.78 is 0. The average molecular weight is 447 g/mol. The van der Waals surface area contributed by atoms with Crippen LogP contribution in [0.1, 0.15) is 91.9 Å². The Morgan fingerprint density at radius 2 is 1.94 bits per heavy atom. The van der Waals surface area contributed by atoms with Crippen LogP contribution in [0.4, 0.5) is 0 Å². The predicted molar refractivity (Wildman–Crippen MR) is 123 cm³/mol. The van der Waals surface area contributed by atoms with Gasteiger partial charge in [0, 0.05) is 6.42 Å². The summed E-state index contributed by atoms with van der Waals surface area (Å²) in [5.74, 6) is 1.42. The Bertz CT molecular complexity index is 800. The van der Waals surface area contributed by atoms with Gasteiger partial charge in [0.2, 0.25) is 0 Å². The lowest BCUT2D eigenvalue weighted by atomic mass is 9.45. The van der Waals surface area contributed by atoms with Crippen molar-refractivity contribution < 1.29 is 24.9 Å². The Hall–Kier alpha value is -1.20. The molecule has 0 spiro atoms. The number of carboxylic acid groups (broad SMARTS) is 1.